The second-order valence-electron chi connectivity index (χ2n) is 10.1. The van der Waals surface area contributed by atoms with Crippen molar-refractivity contribution in [2.75, 3.05) is 86.9 Å². The van der Waals surface area contributed by atoms with Gasteiger partial charge in [-0.1, -0.05) is 0 Å². The number of hydrogen-bond acceptors (Lipinski definition) is 10. The SMILES string of the molecule is CN1CCN(C(=O)c2ccc(NC(=S)N3CCc4c(-c5cnc(N)nc5)nc(N5CCOCC5)nc43)cc2)CC1. The number of aromatic nitrogens is 4. The van der Waals surface area contributed by atoms with Gasteiger partial charge in [0.25, 0.3) is 5.91 Å². The van der Waals surface area contributed by atoms with Crippen LogP contribution in [0.2, 0.25) is 0 Å². The Hall–Kier alpha value is -3.94. The first-order valence-corrected chi connectivity index (χ1v) is 13.8. The summed E-state index contributed by atoms with van der Waals surface area (Å²) in [5.74, 6) is 1.66. The van der Waals surface area contributed by atoms with Gasteiger partial charge in [-0.05, 0) is 50.0 Å². The van der Waals surface area contributed by atoms with E-state index in [9.17, 15) is 4.79 Å². The van der Waals surface area contributed by atoms with Gasteiger partial charge in [0.15, 0.2) is 5.11 Å². The van der Waals surface area contributed by atoms with Crippen LogP contribution in [0.4, 0.5) is 23.4 Å². The summed E-state index contributed by atoms with van der Waals surface area (Å²) >= 11 is 5.85. The van der Waals surface area contributed by atoms with Crippen LogP contribution in [0.15, 0.2) is 36.7 Å². The Morgan fingerprint density at radius 3 is 2.38 bits per heavy atom. The van der Waals surface area contributed by atoms with E-state index >= 15 is 0 Å². The first-order chi connectivity index (χ1) is 19.5. The Balaban J connectivity index is 1.23. The van der Waals surface area contributed by atoms with Crippen LogP contribution in [-0.2, 0) is 11.2 Å². The van der Waals surface area contributed by atoms with Gasteiger partial charge in [-0.15, -0.1) is 0 Å². The molecule has 0 bridgehead atoms. The number of amides is 1. The van der Waals surface area contributed by atoms with Crippen molar-refractivity contribution in [3.8, 4) is 11.3 Å². The molecule has 6 rings (SSSR count). The summed E-state index contributed by atoms with van der Waals surface area (Å²) in [7, 11) is 2.08. The van der Waals surface area contributed by atoms with Crippen LogP contribution < -0.4 is 20.9 Å². The number of nitrogen functional groups attached to an aromatic ring is 1. The molecule has 3 aromatic rings. The molecule has 3 aliphatic rings. The minimum absolute atomic E-state index is 0.0576. The Morgan fingerprint density at radius 1 is 0.975 bits per heavy atom. The van der Waals surface area contributed by atoms with Gasteiger partial charge in [-0.25, -0.2) is 15.0 Å². The Kier molecular flexibility index (Phi) is 7.41. The zero-order chi connectivity index (χ0) is 27.6. The molecule has 2 fully saturated rings. The van der Waals surface area contributed by atoms with Gasteiger partial charge in [0, 0.05) is 80.6 Å². The number of carbonyl (C=O) groups excluding carboxylic acids is 1. The quantitative estimate of drug-likeness (QED) is 0.449. The first-order valence-electron chi connectivity index (χ1n) is 13.4. The molecule has 0 atom stereocenters. The van der Waals surface area contributed by atoms with Crippen molar-refractivity contribution in [3.63, 3.8) is 0 Å². The van der Waals surface area contributed by atoms with Gasteiger partial charge in [-0.3, -0.25) is 4.79 Å². The number of rotatable bonds is 4. The highest BCUT2D eigenvalue weighted by Crippen LogP contribution is 2.36. The van der Waals surface area contributed by atoms with E-state index in [1.54, 1.807) is 12.4 Å². The Morgan fingerprint density at radius 2 is 1.68 bits per heavy atom. The van der Waals surface area contributed by atoms with E-state index in [0.29, 0.717) is 49.5 Å². The number of nitrogens with two attached hydrogens (primary N) is 1. The standard InChI is InChI=1S/C27H32N10O2S/c1-34-8-10-35(11-9-34)24(38)18-2-4-20(5-3-18)31-27(40)37-7-6-21-22(19-16-29-25(28)30-17-19)32-26(33-23(21)37)36-12-14-39-15-13-36/h2-5,16-17H,6-15H2,1H3,(H,31,40)(H2,28,29,30). The topological polar surface area (TPSA) is 129 Å². The van der Waals surface area contributed by atoms with Crippen LogP contribution >= 0.6 is 12.2 Å². The molecule has 0 spiro atoms. The third kappa shape index (κ3) is 5.40. The summed E-state index contributed by atoms with van der Waals surface area (Å²) < 4.78 is 5.53. The molecule has 0 aliphatic carbocycles. The molecule has 0 unspecified atom stereocenters. The summed E-state index contributed by atoms with van der Waals surface area (Å²) in [6.07, 6.45) is 4.11. The fourth-order valence-electron chi connectivity index (χ4n) is 5.12. The van der Waals surface area contributed by atoms with Crippen LogP contribution in [0.5, 0.6) is 0 Å². The van der Waals surface area contributed by atoms with Crippen molar-refractivity contribution in [2.24, 2.45) is 0 Å². The number of morpholine rings is 1. The van der Waals surface area contributed by atoms with Crippen LogP contribution in [0.3, 0.4) is 0 Å². The summed E-state index contributed by atoms with van der Waals surface area (Å²) in [6.45, 7) is 6.58. The summed E-state index contributed by atoms with van der Waals surface area (Å²) in [5, 5.41) is 3.86. The number of fused-ring (bicyclic) bond motifs is 1. The number of thiocarbonyl (C=S) groups is 1. The maximum atomic E-state index is 12.9. The Labute approximate surface area is 238 Å². The van der Waals surface area contributed by atoms with Crippen molar-refractivity contribution in [3.05, 3.63) is 47.8 Å². The molecule has 3 aliphatic heterocycles. The van der Waals surface area contributed by atoms with E-state index in [0.717, 1.165) is 60.9 Å². The van der Waals surface area contributed by atoms with Crippen molar-refractivity contribution in [2.45, 2.75) is 6.42 Å². The molecule has 40 heavy (non-hydrogen) atoms. The molecule has 2 aromatic heterocycles. The predicted molar refractivity (Wildman–Crippen MR) is 158 cm³/mol. The largest absolute Gasteiger partial charge is 0.378 e. The number of carbonyl (C=O) groups is 1. The third-order valence-corrected chi connectivity index (χ3v) is 7.79. The first kappa shape index (κ1) is 26.3. The van der Waals surface area contributed by atoms with E-state index in [-0.39, 0.29) is 11.9 Å². The van der Waals surface area contributed by atoms with Crippen molar-refractivity contribution in [1.29, 1.82) is 0 Å². The summed E-state index contributed by atoms with van der Waals surface area (Å²) in [5.41, 5.74) is 9.77. The molecule has 1 amide bonds. The highest BCUT2D eigenvalue weighted by atomic mass is 32.1. The number of nitrogens with zero attached hydrogens (tertiary/aromatic N) is 8. The minimum atomic E-state index is 0.0576. The van der Waals surface area contributed by atoms with Gasteiger partial charge < -0.3 is 35.4 Å². The summed E-state index contributed by atoms with van der Waals surface area (Å²) in [4.78, 5) is 39.4. The highest BCUT2D eigenvalue weighted by molar-refractivity contribution is 7.80. The van der Waals surface area contributed by atoms with Crippen molar-refractivity contribution >= 4 is 46.6 Å². The average molecular weight is 561 g/mol. The maximum absolute atomic E-state index is 12.9. The molecule has 1 aromatic carbocycles. The van der Waals surface area contributed by atoms with Crippen LogP contribution in [0.1, 0.15) is 15.9 Å². The fourth-order valence-corrected chi connectivity index (χ4v) is 5.42. The lowest BCUT2D eigenvalue weighted by atomic mass is 10.1. The van der Waals surface area contributed by atoms with E-state index < -0.39 is 0 Å². The molecule has 3 N–H and O–H groups in total. The van der Waals surface area contributed by atoms with E-state index in [1.165, 1.54) is 0 Å². The third-order valence-electron chi connectivity index (χ3n) is 7.47. The second kappa shape index (κ2) is 11.3. The number of benzene rings is 1. The van der Waals surface area contributed by atoms with E-state index in [2.05, 4.69) is 32.1 Å². The van der Waals surface area contributed by atoms with Gasteiger partial charge in [0.2, 0.25) is 11.9 Å². The van der Waals surface area contributed by atoms with E-state index in [1.807, 2.05) is 34.1 Å². The molecule has 5 heterocycles. The van der Waals surface area contributed by atoms with Crippen molar-refractivity contribution < 1.29 is 9.53 Å². The zero-order valence-corrected chi connectivity index (χ0v) is 23.2. The summed E-state index contributed by atoms with van der Waals surface area (Å²) in [6, 6.07) is 7.48. The molecule has 13 heteroatoms. The lowest BCUT2D eigenvalue weighted by Crippen LogP contribution is -2.47. The maximum Gasteiger partial charge on any atom is 0.253 e. The molecule has 2 saturated heterocycles. The fraction of sp³-hybridized carbons (Fsp3) is 0.407. The average Bonchev–Trinajstić information content (AvgIpc) is 3.42. The molecular formula is C27H32N10O2S. The van der Waals surface area contributed by atoms with Gasteiger partial charge in [0.05, 0.1) is 18.9 Å². The second-order valence-corrected chi connectivity index (χ2v) is 10.5. The monoisotopic (exact) mass is 560 g/mol. The predicted octanol–water partition coefficient (Wildman–Crippen LogP) is 1.50. The number of piperazine rings is 1. The van der Waals surface area contributed by atoms with Gasteiger partial charge in [0.1, 0.15) is 5.82 Å². The lowest BCUT2D eigenvalue weighted by Gasteiger charge is -2.32. The number of ether oxygens (including phenoxy) is 1. The minimum Gasteiger partial charge on any atom is -0.378 e. The Bertz CT molecular complexity index is 1390. The van der Waals surface area contributed by atoms with Crippen LogP contribution in [-0.4, -0.2) is 107 Å². The zero-order valence-electron chi connectivity index (χ0n) is 22.4. The smallest absolute Gasteiger partial charge is 0.253 e. The number of anilines is 4. The van der Waals surface area contributed by atoms with Gasteiger partial charge >= 0.3 is 0 Å². The molecular weight excluding hydrogens is 528 g/mol. The van der Waals surface area contributed by atoms with Gasteiger partial charge in [-0.2, -0.15) is 4.98 Å². The highest BCUT2D eigenvalue weighted by Gasteiger charge is 2.30. The number of likely N-dealkylation sites (N-methyl/N-ethyl adjacent to an activating group) is 1. The molecule has 12 nitrogen and oxygen atoms in total. The normalized spacial score (nSPS) is 17.6. The van der Waals surface area contributed by atoms with E-state index in [4.69, 9.17) is 32.7 Å². The lowest BCUT2D eigenvalue weighted by molar-refractivity contribution is 0.0664. The number of nitrogens with one attached hydrogen (secondary N) is 1. The molecule has 208 valence electrons. The van der Waals surface area contributed by atoms with Crippen LogP contribution in [0, 0.1) is 0 Å². The van der Waals surface area contributed by atoms with Crippen molar-refractivity contribution in [1.82, 2.24) is 29.7 Å². The molecule has 0 radical (unpaired) electrons. The van der Waals surface area contributed by atoms with Crippen LogP contribution in [0.25, 0.3) is 11.3 Å². The molecule has 0 saturated carbocycles. The number of hydrogen-bond donors (Lipinski definition) is 2.